The monoisotopic (exact) mass is 277 g/mol. The van der Waals surface area contributed by atoms with Crippen molar-refractivity contribution in [2.75, 3.05) is 6.61 Å². The van der Waals surface area contributed by atoms with Gasteiger partial charge >= 0.3 is 0 Å². The molecule has 20 heavy (non-hydrogen) atoms. The summed E-state index contributed by atoms with van der Waals surface area (Å²) in [4.78, 5) is 2.73. The van der Waals surface area contributed by atoms with Crippen molar-refractivity contribution >= 4 is 0 Å². The molecule has 3 rings (SSSR count). The molecule has 2 fully saturated rings. The van der Waals surface area contributed by atoms with Crippen LogP contribution in [-0.4, -0.2) is 42.4 Å². The Morgan fingerprint density at radius 1 is 1.40 bits per heavy atom. The van der Waals surface area contributed by atoms with E-state index in [9.17, 15) is 5.11 Å². The van der Waals surface area contributed by atoms with Crippen molar-refractivity contribution in [3.05, 3.63) is 46.3 Å². The number of fused-ring (bicyclic) bond motifs is 2. The van der Waals surface area contributed by atoms with Crippen LogP contribution in [-0.2, 0) is 20.8 Å². The highest BCUT2D eigenvalue weighted by atomic mass is 16.7. The molecule has 0 aromatic heterocycles. The quantitative estimate of drug-likeness (QED) is 0.510. The Balaban J connectivity index is 1.70. The lowest BCUT2D eigenvalue weighted by Crippen LogP contribution is -2.53. The van der Waals surface area contributed by atoms with Crippen molar-refractivity contribution in [2.45, 2.75) is 37.3 Å². The number of aliphatic hydroxyl groups excluding tert-OH is 1. The van der Waals surface area contributed by atoms with Gasteiger partial charge in [0.2, 0.25) is 0 Å². The summed E-state index contributed by atoms with van der Waals surface area (Å²) in [6.45, 7) is 0.689. The molecule has 2 saturated heterocycles. The molecular weight excluding hydrogens is 262 g/mol. The highest BCUT2D eigenvalue weighted by Crippen LogP contribution is 2.32. The zero-order valence-corrected chi connectivity index (χ0v) is 10.7. The number of aliphatic hydroxyl groups is 1. The second-order valence-corrected chi connectivity index (χ2v) is 4.82. The third kappa shape index (κ3) is 2.49. The summed E-state index contributed by atoms with van der Waals surface area (Å²) in [7, 11) is 0. The van der Waals surface area contributed by atoms with Crippen LogP contribution < -0.4 is 0 Å². The smallest absolute Gasteiger partial charge is 0.169 e. The summed E-state index contributed by atoms with van der Waals surface area (Å²) in [5.74, 6) is 0. The molecule has 0 saturated carbocycles. The Bertz CT molecular complexity index is 506. The van der Waals surface area contributed by atoms with Crippen molar-refractivity contribution in [1.29, 1.82) is 0 Å². The van der Waals surface area contributed by atoms with Crippen LogP contribution in [0.5, 0.6) is 0 Å². The van der Waals surface area contributed by atoms with Gasteiger partial charge in [-0.15, -0.1) is 0 Å². The molecule has 0 radical (unpaired) electrons. The van der Waals surface area contributed by atoms with Gasteiger partial charge in [0.25, 0.3) is 0 Å². The molecule has 2 aliphatic heterocycles. The van der Waals surface area contributed by atoms with Crippen LogP contribution in [0.2, 0.25) is 0 Å². The lowest BCUT2D eigenvalue weighted by atomic mass is 9.99. The van der Waals surface area contributed by atoms with E-state index in [1.165, 1.54) is 0 Å². The number of rotatable bonds is 4. The van der Waals surface area contributed by atoms with Gasteiger partial charge in [0.15, 0.2) is 6.29 Å². The first-order valence-corrected chi connectivity index (χ1v) is 6.44. The fraction of sp³-hybridized carbons (Fsp3) is 0.538. The SMILES string of the molecule is [N-]=[N+]=N[C@@H]1[C@@H]2OC[C@@H](O2)[C@@H](OCc2ccccc2)[C@H]1O. The van der Waals surface area contributed by atoms with Gasteiger partial charge in [0.1, 0.15) is 18.2 Å². The molecule has 0 aliphatic carbocycles. The molecular formula is C13H15N3O4. The summed E-state index contributed by atoms with van der Waals surface area (Å²) < 4.78 is 16.7. The van der Waals surface area contributed by atoms with Crippen LogP contribution in [0.3, 0.4) is 0 Å². The topological polar surface area (TPSA) is 96.7 Å². The van der Waals surface area contributed by atoms with Crippen molar-refractivity contribution in [1.82, 2.24) is 0 Å². The van der Waals surface area contributed by atoms with E-state index in [0.717, 1.165) is 5.56 Å². The second kappa shape index (κ2) is 5.78. The fourth-order valence-corrected chi connectivity index (χ4v) is 2.52. The van der Waals surface area contributed by atoms with Crippen LogP contribution in [0.25, 0.3) is 10.4 Å². The highest BCUT2D eigenvalue weighted by Gasteiger charge is 2.50. The molecule has 1 aromatic carbocycles. The summed E-state index contributed by atoms with van der Waals surface area (Å²) in [5, 5.41) is 13.8. The van der Waals surface area contributed by atoms with E-state index in [-0.39, 0.29) is 6.10 Å². The Labute approximate surface area is 115 Å². The minimum Gasteiger partial charge on any atom is -0.390 e. The first-order chi connectivity index (χ1) is 9.79. The zero-order chi connectivity index (χ0) is 13.9. The number of hydrogen-bond donors (Lipinski definition) is 1. The highest BCUT2D eigenvalue weighted by molar-refractivity contribution is 5.13. The standard InChI is InChI=1S/C13H15N3O4/c14-16-15-10-11(17)12(9-7-19-13(10)20-9)18-6-8-4-2-1-3-5-8/h1-5,9-13,17H,6-7H2/t9-,10+,11+,12-,13-/m1/s1. The predicted octanol–water partition coefficient (Wildman–Crippen LogP) is 1.37. The molecule has 2 heterocycles. The number of nitrogens with zero attached hydrogens (tertiary/aromatic N) is 3. The molecule has 1 N–H and O–H groups in total. The number of benzene rings is 1. The van der Waals surface area contributed by atoms with E-state index in [1.54, 1.807) is 0 Å². The van der Waals surface area contributed by atoms with Crippen LogP contribution in [0, 0.1) is 0 Å². The third-order valence-corrected chi connectivity index (χ3v) is 3.54. The maximum absolute atomic E-state index is 10.3. The number of azide groups is 1. The Kier molecular flexibility index (Phi) is 3.86. The molecule has 0 spiro atoms. The Morgan fingerprint density at radius 2 is 2.20 bits per heavy atom. The number of hydrogen-bond acceptors (Lipinski definition) is 5. The van der Waals surface area contributed by atoms with E-state index < -0.39 is 24.5 Å². The van der Waals surface area contributed by atoms with Crippen molar-refractivity contribution < 1.29 is 19.3 Å². The van der Waals surface area contributed by atoms with Gasteiger partial charge in [-0.05, 0) is 11.1 Å². The van der Waals surface area contributed by atoms with Crippen LogP contribution in [0.4, 0.5) is 0 Å². The summed E-state index contributed by atoms with van der Waals surface area (Å²) >= 11 is 0. The largest absolute Gasteiger partial charge is 0.390 e. The summed E-state index contributed by atoms with van der Waals surface area (Å²) in [6.07, 6.45) is -2.50. The van der Waals surface area contributed by atoms with Gasteiger partial charge in [-0.1, -0.05) is 35.4 Å². The minimum atomic E-state index is -0.930. The minimum absolute atomic E-state index is 0.330. The lowest BCUT2D eigenvalue weighted by molar-refractivity contribution is -0.195. The van der Waals surface area contributed by atoms with Crippen molar-refractivity contribution in [3.63, 3.8) is 0 Å². The van der Waals surface area contributed by atoms with Crippen molar-refractivity contribution in [2.24, 2.45) is 5.11 Å². The van der Waals surface area contributed by atoms with E-state index in [4.69, 9.17) is 19.7 Å². The predicted molar refractivity (Wildman–Crippen MR) is 68.6 cm³/mol. The van der Waals surface area contributed by atoms with E-state index in [1.807, 2.05) is 30.3 Å². The van der Waals surface area contributed by atoms with Gasteiger partial charge in [-0.2, -0.15) is 0 Å². The van der Waals surface area contributed by atoms with Crippen LogP contribution in [0.1, 0.15) is 5.56 Å². The van der Waals surface area contributed by atoms with E-state index >= 15 is 0 Å². The number of ether oxygens (including phenoxy) is 3. The molecule has 0 unspecified atom stereocenters. The maximum Gasteiger partial charge on any atom is 0.169 e. The Hall–Kier alpha value is -1.63. The maximum atomic E-state index is 10.3. The molecule has 1 aromatic rings. The van der Waals surface area contributed by atoms with Gasteiger partial charge in [-0.3, -0.25) is 0 Å². The lowest BCUT2D eigenvalue weighted by Gasteiger charge is -2.35. The van der Waals surface area contributed by atoms with Gasteiger partial charge in [0.05, 0.1) is 19.3 Å². The first-order valence-electron chi connectivity index (χ1n) is 6.44. The fourth-order valence-electron chi connectivity index (χ4n) is 2.52. The third-order valence-electron chi connectivity index (χ3n) is 3.54. The molecule has 5 atom stereocenters. The molecule has 7 heteroatoms. The van der Waals surface area contributed by atoms with E-state index in [0.29, 0.717) is 13.2 Å². The molecule has 2 aliphatic rings. The van der Waals surface area contributed by atoms with Crippen LogP contribution >= 0.6 is 0 Å². The van der Waals surface area contributed by atoms with Gasteiger partial charge < -0.3 is 19.3 Å². The van der Waals surface area contributed by atoms with Crippen molar-refractivity contribution in [3.8, 4) is 0 Å². The molecule has 7 nitrogen and oxygen atoms in total. The normalized spacial score (nSPS) is 35.5. The van der Waals surface area contributed by atoms with Crippen LogP contribution in [0.15, 0.2) is 35.4 Å². The average molecular weight is 277 g/mol. The Morgan fingerprint density at radius 3 is 2.95 bits per heavy atom. The zero-order valence-electron chi connectivity index (χ0n) is 10.7. The molecule has 2 bridgehead atoms. The van der Waals surface area contributed by atoms with Gasteiger partial charge in [-0.25, -0.2) is 0 Å². The first kappa shape index (κ1) is 13.4. The second-order valence-electron chi connectivity index (χ2n) is 4.82. The summed E-state index contributed by atoms with van der Waals surface area (Å²) in [5.41, 5.74) is 9.55. The molecule has 0 amide bonds. The van der Waals surface area contributed by atoms with Gasteiger partial charge in [0, 0.05) is 4.91 Å². The summed E-state index contributed by atoms with van der Waals surface area (Å²) in [6, 6.07) is 8.87. The average Bonchev–Trinajstić information content (AvgIpc) is 2.90. The van der Waals surface area contributed by atoms with E-state index in [2.05, 4.69) is 10.0 Å². The molecule has 106 valence electrons.